The van der Waals surface area contributed by atoms with Gasteiger partial charge in [0.05, 0.1) is 0 Å². The average Bonchev–Trinajstić information content (AvgIpc) is 2.59. The van der Waals surface area contributed by atoms with Crippen LogP contribution >= 0.6 is 7.92 Å². The maximum absolute atomic E-state index is 11.4. The minimum Gasteiger partial charge on any atom is -0.298 e. The zero-order chi connectivity index (χ0) is 15.8. The second kappa shape index (κ2) is 8.46. The molecule has 2 rings (SSSR count). The highest BCUT2D eigenvalue weighted by Crippen LogP contribution is 2.44. The Balaban J connectivity index is 2.62. The first-order valence-corrected chi connectivity index (χ1v) is 8.85. The first kappa shape index (κ1) is 16.4. The molecule has 0 amide bonds. The van der Waals surface area contributed by atoms with E-state index in [1.165, 1.54) is 10.6 Å². The van der Waals surface area contributed by atoms with Crippen molar-refractivity contribution in [2.24, 2.45) is 0 Å². The third-order valence-corrected chi connectivity index (χ3v) is 5.97. The summed E-state index contributed by atoms with van der Waals surface area (Å²) < 4.78 is 0. The Morgan fingerprint density at radius 3 is 1.86 bits per heavy atom. The Labute approximate surface area is 134 Å². The van der Waals surface area contributed by atoms with E-state index in [9.17, 15) is 4.79 Å². The zero-order valence-corrected chi connectivity index (χ0v) is 14.0. The lowest BCUT2D eigenvalue weighted by Crippen LogP contribution is -2.13. The molecular formula is C20H21OP. The van der Waals surface area contributed by atoms with Crippen LogP contribution in [0.5, 0.6) is 0 Å². The molecule has 0 aliphatic rings. The first-order chi connectivity index (χ1) is 10.8. The monoisotopic (exact) mass is 308 g/mol. The maximum Gasteiger partial charge on any atom is 0.146 e. The Bertz CT molecular complexity index is 617. The highest BCUT2D eigenvalue weighted by Gasteiger charge is 2.18. The Hall–Kier alpha value is -1.98. The minimum atomic E-state index is -0.710. The number of allylic oxidation sites excluding steroid dienone is 4. The summed E-state index contributed by atoms with van der Waals surface area (Å²) in [5.74, 6) is 0. The van der Waals surface area contributed by atoms with Gasteiger partial charge in [-0.05, 0) is 42.8 Å². The van der Waals surface area contributed by atoms with Crippen LogP contribution in [0.2, 0.25) is 0 Å². The third kappa shape index (κ3) is 4.02. The summed E-state index contributed by atoms with van der Waals surface area (Å²) in [4.78, 5) is 11.4. The normalized spacial score (nSPS) is 12.5. The predicted molar refractivity (Wildman–Crippen MR) is 97.3 cm³/mol. The van der Waals surface area contributed by atoms with Gasteiger partial charge in [-0.1, -0.05) is 79.7 Å². The molecule has 0 spiro atoms. The molecule has 0 aromatic heterocycles. The van der Waals surface area contributed by atoms with Gasteiger partial charge < -0.3 is 0 Å². The molecule has 2 aromatic carbocycles. The summed E-state index contributed by atoms with van der Waals surface area (Å²) in [6.07, 6.45) is 6.18. The summed E-state index contributed by atoms with van der Waals surface area (Å²) in [7, 11) is -0.710. The number of hydrogen-bond donors (Lipinski definition) is 0. The predicted octanol–water partition coefficient (Wildman–Crippen LogP) is 4.56. The van der Waals surface area contributed by atoms with Gasteiger partial charge in [0, 0.05) is 0 Å². The summed E-state index contributed by atoms with van der Waals surface area (Å²) in [6.45, 7) is 4.02. The van der Waals surface area contributed by atoms with Gasteiger partial charge in [0.15, 0.2) is 0 Å². The second-order valence-corrected chi connectivity index (χ2v) is 7.19. The van der Waals surface area contributed by atoms with Crippen molar-refractivity contribution in [1.82, 2.24) is 0 Å². The number of carbonyl (C=O) groups excluding carboxylic acids is 1. The van der Waals surface area contributed by atoms with Gasteiger partial charge in [-0.25, -0.2) is 0 Å². The van der Waals surface area contributed by atoms with Crippen molar-refractivity contribution in [3.8, 4) is 0 Å². The van der Waals surface area contributed by atoms with E-state index in [2.05, 4.69) is 67.6 Å². The van der Waals surface area contributed by atoms with Crippen LogP contribution in [0.1, 0.15) is 20.3 Å². The van der Waals surface area contributed by atoms with E-state index in [1.54, 1.807) is 0 Å². The molecule has 0 N–H and O–H groups in total. The van der Waals surface area contributed by atoms with E-state index in [0.717, 1.165) is 23.6 Å². The molecular weight excluding hydrogens is 287 g/mol. The number of aldehydes is 1. The van der Waals surface area contributed by atoms with Gasteiger partial charge in [0.25, 0.3) is 0 Å². The fourth-order valence-electron chi connectivity index (χ4n) is 2.25. The van der Waals surface area contributed by atoms with Crippen molar-refractivity contribution in [2.75, 3.05) is 0 Å². The van der Waals surface area contributed by atoms with Crippen LogP contribution in [-0.2, 0) is 4.79 Å². The summed E-state index contributed by atoms with van der Waals surface area (Å²) in [6, 6.07) is 20.9. The van der Waals surface area contributed by atoms with Crippen molar-refractivity contribution in [1.29, 1.82) is 0 Å². The van der Waals surface area contributed by atoms with Crippen LogP contribution in [0.4, 0.5) is 0 Å². The first-order valence-electron chi connectivity index (χ1n) is 7.50. The lowest BCUT2D eigenvalue weighted by Gasteiger charge is -2.21. The highest BCUT2D eigenvalue weighted by molar-refractivity contribution is 7.77. The molecule has 0 unspecified atom stereocenters. The quantitative estimate of drug-likeness (QED) is 0.331. The van der Waals surface area contributed by atoms with Gasteiger partial charge in [0.1, 0.15) is 6.29 Å². The Morgan fingerprint density at radius 2 is 1.45 bits per heavy atom. The van der Waals surface area contributed by atoms with Crippen LogP contribution in [0.25, 0.3) is 0 Å². The summed E-state index contributed by atoms with van der Waals surface area (Å²) in [5, 5.41) is 3.66. The molecule has 0 radical (unpaired) electrons. The molecule has 22 heavy (non-hydrogen) atoms. The van der Waals surface area contributed by atoms with Crippen LogP contribution in [0, 0.1) is 0 Å². The van der Waals surface area contributed by atoms with Crippen LogP contribution < -0.4 is 10.6 Å². The molecule has 0 heterocycles. The number of rotatable bonds is 6. The number of benzene rings is 2. The molecule has 112 valence electrons. The molecule has 0 fully saturated rings. The fraction of sp³-hybridized carbons (Fsp3) is 0.150. The molecule has 2 aromatic rings. The molecule has 0 bridgehead atoms. The maximum atomic E-state index is 11.4. The standard InChI is InChI=1S/C20H21OP/c1-3-4-15-20(17(2)16-21)22(18-11-7-5-8-12-18)19-13-9-6-10-14-19/h4-16H,3H2,1-2H3. The molecule has 0 saturated heterocycles. The minimum absolute atomic E-state index is 0.710. The summed E-state index contributed by atoms with van der Waals surface area (Å²) >= 11 is 0. The lowest BCUT2D eigenvalue weighted by molar-refractivity contribution is -0.104. The van der Waals surface area contributed by atoms with Crippen LogP contribution in [-0.4, -0.2) is 6.29 Å². The summed E-state index contributed by atoms with van der Waals surface area (Å²) in [5.41, 5.74) is 0.809. The van der Waals surface area contributed by atoms with Crippen molar-refractivity contribution < 1.29 is 4.79 Å². The molecule has 1 nitrogen and oxygen atoms in total. The van der Waals surface area contributed by atoms with E-state index in [4.69, 9.17) is 0 Å². The van der Waals surface area contributed by atoms with Gasteiger partial charge in [-0.2, -0.15) is 0 Å². The van der Waals surface area contributed by atoms with Gasteiger partial charge in [-0.15, -0.1) is 0 Å². The molecule has 0 aliphatic heterocycles. The lowest BCUT2D eigenvalue weighted by atomic mass is 10.3. The SMILES string of the molecule is CCC=CC(=C(C)C=O)P(c1ccccc1)c1ccccc1. The Morgan fingerprint density at radius 1 is 0.955 bits per heavy atom. The van der Waals surface area contributed by atoms with Gasteiger partial charge in [0.2, 0.25) is 0 Å². The highest BCUT2D eigenvalue weighted by atomic mass is 31.1. The van der Waals surface area contributed by atoms with Crippen LogP contribution in [0.3, 0.4) is 0 Å². The molecule has 0 aliphatic carbocycles. The number of hydrogen-bond acceptors (Lipinski definition) is 1. The van der Waals surface area contributed by atoms with E-state index < -0.39 is 7.92 Å². The third-order valence-electron chi connectivity index (χ3n) is 3.36. The molecule has 2 heteroatoms. The second-order valence-electron chi connectivity index (χ2n) is 5.00. The van der Waals surface area contributed by atoms with Gasteiger partial charge in [-0.3, -0.25) is 4.79 Å². The van der Waals surface area contributed by atoms with Crippen molar-refractivity contribution >= 4 is 24.8 Å². The zero-order valence-electron chi connectivity index (χ0n) is 13.1. The van der Waals surface area contributed by atoms with E-state index in [1.807, 2.05) is 19.1 Å². The molecule has 0 saturated carbocycles. The average molecular weight is 308 g/mol. The van der Waals surface area contributed by atoms with Crippen molar-refractivity contribution in [3.05, 3.63) is 83.7 Å². The largest absolute Gasteiger partial charge is 0.298 e. The van der Waals surface area contributed by atoms with E-state index in [0.29, 0.717) is 0 Å². The Kier molecular flexibility index (Phi) is 6.30. The smallest absolute Gasteiger partial charge is 0.146 e. The number of carbonyl (C=O) groups is 1. The van der Waals surface area contributed by atoms with Gasteiger partial charge >= 0.3 is 0 Å². The van der Waals surface area contributed by atoms with E-state index >= 15 is 0 Å². The van der Waals surface area contributed by atoms with Crippen LogP contribution in [0.15, 0.2) is 83.7 Å². The van der Waals surface area contributed by atoms with Crippen molar-refractivity contribution in [2.45, 2.75) is 20.3 Å². The fourth-order valence-corrected chi connectivity index (χ4v) is 4.71. The topological polar surface area (TPSA) is 17.1 Å². The van der Waals surface area contributed by atoms with Crippen molar-refractivity contribution in [3.63, 3.8) is 0 Å². The van der Waals surface area contributed by atoms with E-state index in [-0.39, 0.29) is 0 Å². The molecule has 0 atom stereocenters.